The molecule has 0 atom stereocenters. The third-order valence-corrected chi connectivity index (χ3v) is 5.89. The number of hydrogen-bond donors (Lipinski definition) is 2. The molecule has 7 heteroatoms. The Labute approximate surface area is 154 Å². The van der Waals surface area contributed by atoms with Crippen LogP contribution in [0.2, 0.25) is 0 Å². The van der Waals surface area contributed by atoms with E-state index >= 15 is 0 Å². The second kappa shape index (κ2) is 6.99. The molecular formula is C19H23N3O3S. The molecule has 1 aliphatic heterocycles. The fourth-order valence-corrected chi connectivity index (χ4v) is 4.42. The Morgan fingerprint density at radius 1 is 1.15 bits per heavy atom. The van der Waals surface area contributed by atoms with Crippen molar-refractivity contribution in [2.75, 3.05) is 22.7 Å². The molecule has 3 rings (SSSR count). The summed E-state index contributed by atoms with van der Waals surface area (Å²) in [4.78, 5) is 13.9. The Bertz CT molecular complexity index is 934. The number of nitrogens with zero attached hydrogens (tertiary/aromatic N) is 1. The van der Waals surface area contributed by atoms with Gasteiger partial charge in [0.2, 0.25) is 0 Å². The number of hydrogen-bond acceptors (Lipinski definition) is 3. The molecule has 0 bridgehead atoms. The van der Waals surface area contributed by atoms with Gasteiger partial charge in [0.25, 0.3) is 10.0 Å². The van der Waals surface area contributed by atoms with Gasteiger partial charge < -0.3 is 5.32 Å². The van der Waals surface area contributed by atoms with Crippen LogP contribution in [0.3, 0.4) is 0 Å². The van der Waals surface area contributed by atoms with Gasteiger partial charge in [0.05, 0.1) is 10.6 Å². The molecular weight excluding hydrogens is 350 g/mol. The standard InChI is InChI=1S/C19H23N3O3S/c1-4-20-19(23)22-11-10-15-12-16(8-9-17(15)22)26(24,25)21-18-13(2)6-5-7-14(18)3/h5-9,12,21H,4,10-11H2,1-3H3,(H,20,23). The van der Waals surface area contributed by atoms with Crippen molar-refractivity contribution in [3.8, 4) is 0 Å². The topological polar surface area (TPSA) is 78.5 Å². The summed E-state index contributed by atoms with van der Waals surface area (Å²) in [5.41, 5.74) is 3.98. The Kier molecular flexibility index (Phi) is 4.91. The van der Waals surface area contributed by atoms with Gasteiger partial charge >= 0.3 is 6.03 Å². The highest BCUT2D eigenvalue weighted by Crippen LogP contribution is 2.31. The largest absolute Gasteiger partial charge is 0.338 e. The lowest BCUT2D eigenvalue weighted by molar-refractivity contribution is 0.247. The lowest BCUT2D eigenvalue weighted by Gasteiger charge is -2.18. The Morgan fingerprint density at radius 2 is 1.85 bits per heavy atom. The van der Waals surface area contributed by atoms with Gasteiger partial charge in [-0.1, -0.05) is 18.2 Å². The van der Waals surface area contributed by atoms with Gasteiger partial charge in [-0.05, 0) is 62.1 Å². The van der Waals surface area contributed by atoms with Crippen molar-refractivity contribution in [2.45, 2.75) is 32.1 Å². The first-order chi connectivity index (χ1) is 12.3. The van der Waals surface area contributed by atoms with Gasteiger partial charge in [0.1, 0.15) is 0 Å². The highest BCUT2D eigenvalue weighted by molar-refractivity contribution is 7.92. The van der Waals surface area contributed by atoms with Gasteiger partial charge in [0.15, 0.2) is 0 Å². The van der Waals surface area contributed by atoms with E-state index in [1.807, 2.05) is 39.0 Å². The van der Waals surface area contributed by atoms with Gasteiger partial charge in [-0.3, -0.25) is 9.62 Å². The number of para-hydroxylation sites is 1. The van der Waals surface area contributed by atoms with Crippen molar-refractivity contribution >= 4 is 27.4 Å². The van der Waals surface area contributed by atoms with Crippen molar-refractivity contribution in [3.63, 3.8) is 0 Å². The summed E-state index contributed by atoms with van der Waals surface area (Å²) in [6.45, 7) is 6.71. The number of sulfonamides is 1. The summed E-state index contributed by atoms with van der Waals surface area (Å²) >= 11 is 0. The maximum absolute atomic E-state index is 12.8. The van der Waals surface area contributed by atoms with Crippen LogP contribution in [0, 0.1) is 13.8 Å². The minimum atomic E-state index is -3.70. The number of carbonyl (C=O) groups is 1. The summed E-state index contributed by atoms with van der Waals surface area (Å²) in [5.74, 6) is 0. The smallest absolute Gasteiger partial charge is 0.321 e. The van der Waals surface area contributed by atoms with Crippen LogP contribution >= 0.6 is 0 Å². The molecule has 2 amide bonds. The van der Waals surface area contributed by atoms with E-state index in [-0.39, 0.29) is 10.9 Å². The zero-order valence-electron chi connectivity index (χ0n) is 15.2. The van der Waals surface area contributed by atoms with Crippen molar-refractivity contribution in [1.29, 1.82) is 0 Å². The van der Waals surface area contributed by atoms with Crippen LogP contribution in [0.5, 0.6) is 0 Å². The average molecular weight is 373 g/mol. The average Bonchev–Trinajstić information content (AvgIpc) is 3.02. The molecule has 2 aromatic carbocycles. The van der Waals surface area contributed by atoms with Crippen molar-refractivity contribution in [3.05, 3.63) is 53.1 Å². The molecule has 138 valence electrons. The molecule has 0 aliphatic carbocycles. The first-order valence-electron chi connectivity index (χ1n) is 8.61. The molecule has 0 saturated heterocycles. The summed E-state index contributed by atoms with van der Waals surface area (Å²) in [5, 5.41) is 2.77. The third-order valence-electron chi connectivity index (χ3n) is 4.55. The lowest BCUT2D eigenvalue weighted by atomic mass is 10.1. The van der Waals surface area contributed by atoms with E-state index in [4.69, 9.17) is 0 Å². The summed E-state index contributed by atoms with van der Waals surface area (Å²) in [7, 11) is -3.70. The van der Waals surface area contributed by atoms with Crippen molar-refractivity contribution < 1.29 is 13.2 Å². The predicted molar refractivity (Wildman–Crippen MR) is 103 cm³/mol. The third kappa shape index (κ3) is 3.39. The molecule has 0 radical (unpaired) electrons. The van der Waals surface area contributed by atoms with Crippen molar-refractivity contribution in [2.24, 2.45) is 0 Å². The summed E-state index contributed by atoms with van der Waals surface area (Å²) in [6.07, 6.45) is 0.638. The van der Waals surface area contributed by atoms with Crippen LogP contribution in [-0.2, 0) is 16.4 Å². The SMILES string of the molecule is CCNC(=O)N1CCc2cc(S(=O)(=O)Nc3c(C)cccc3C)ccc21. The maximum atomic E-state index is 12.8. The van der Waals surface area contributed by atoms with Gasteiger partial charge in [-0.25, -0.2) is 13.2 Å². The number of carbonyl (C=O) groups excluding carboxylic acids is 1. The lowest BCUT2D eigenvalue weighted by Crippen LogP contribution is -2.38. The van der Waals surface area contributed by atoms with Gasteiger partial charge in [-0.2, -0.15) is 0 Å². The van der Waals surface area contributed by atoms with Crippen LogP contribution in [0.15, 0.2) is 41.3 Å². The van der Waals surface area contributed by atoms with Crippen LogP contribution in [0.25, 0.3) is 0 Å². The van der Waals surface area contributed by atoms with Crippen LogP contribution in [0.1, 0.15) is 23.6 Å². The molecule has 1 aliphatic rings. The monoisotopic (exact) mass is 373 g/mol. The fourth-order valence-electron chi connectivity index (χ4n) is 3.17. The number of nitrogens with one attached hydrogen (secondary N) is 2. The molecule has 6 nitrogen and oxygen atoms in total. The van der Waals surface area contributed by atoms with E-state index in [1.54, 1.807) is 23.1 Å². The van der Waals surface area contributed by atoms with Gasteiger partial charge in [0, 0.05) is 18.8 Å². The van der Waals surface area contributed by atoms with Crippen molar-refractivity contribution in [1.82, 2.24) is 5.32 Å². The quantitative estimate of drug-likeness (QED) is 0.864. The number of rotatable bonds is 4. The first kappa shape index (κ1) is 18.3. The maximum Gasteiger partial charge on any atom is 0.321 e. The molecule has 2 N–H and O–H groups in total. The van der Waals surface area contributed by atoms with E-state index in [9.17, 15) is 13.2 Å². The minimum Gasteiger partial charge on any atom is -0.338 e. The molecule has 0 fully saturated rings. The number of fused-ring (bicyclic) bond motifs is 1. The van der Waals surface area contributed by atoms with E-state index in [0.29, 0.717) is 25.2 Å². The zero-order chi connectivity index (χ0) is 18.9. The number of amides is 2. The first-order valence-corrected chi connectivity index (χ1v) is 10.1. The number of aryl methyl sites for hydroxylation is 2. The Morgan fingerprint density at radius 3 is 2.50 bits per heavy atom. The normalized spacial score (nSPS) is 13.4. The zero-order valence-corrected chi connectivity index (χ0v) is 16.0. The van der Waals surface area contributed by atoms with E-state index < -0.39 is 10.0 Å². The molecule has 0 unspecified atom stereocenters. The molecule has 26 heavy (non-hydrogen) atoms. The number of anilines is 2. The minimum absolute atomic E-state index is 0.157. The second-order valence-electron chi connectivity index (χ2n) is 6.40. The van der Waals surface area contributed by atoms with Crippen LogP contribution in [-0.4, -0.2) is 27.5 Å². The van der Waals surface area contributed by atoms with Gasteiger partial charge in [-0.15, -0.1) is 0 Å². The van der Waals surface area contributed by atoms with E-state index in [0.717, 1.165) is 22.4 Å². The summed E-state index contributed by atoms with van der Waals surface area (Å²) < 4.78 is 28.3. The fraction of sp³-hybridized carbons (Fsp3) is 0.316. The molecule has 0 aromatic heterocycles. The van der Waals surface area contributed by atoms with E-state index in [1.165, 1.54) is 0 Å². The molecule has 2 aromatic rings. The second-order valence-corrected chi connectivity index (χ2v) is 8.08. The van der Waals surface area contributed by atoms with Crippen LogP contribution in [0.4, 0.5) is 16.2 Å². The Hall–Kier alpha value is -2.54. The summed E-state index contributed by atoms with van der Waals surface area (Å²) in [6, 6.07) is 10.4. The Balaban J connectivity index is 1.90. The highest BCUT2D eigenvalue weighted by Gasteiger charge is 2.26. The molecule has 0 spiro atoms. The molecule has 1 heterocycles. The highest BCUT2D eigenvalue weighted by atomic mass is 32.2. The number of urea groups is 1. The van der Waals surface area contributed by atoms with Crippen LogP contribution < -0.4 is 14.9 Å². The predicted octanol–water partition coefficient (Wildman–Crippen LogP) is 3.20. The number of benzene rings is 2. The van der Waals surface area contributed by atoms with E-state index in [2.05, 4.69) is 10.0 Å². The molecule has 0 saturated carbocycles.